The van der Waals surface area contributed by atoms with Crippen LogP contribution in [-0.2, 0) is 11.2 Å². The van der Waals surface area contributed by atoms with Crippen molar-refractivity contribution in [2.24, 2.45) is 0 Å². The van der Waals surface area contributed by atoms with Crippen LogP contribution >= 0.6 is 0 Å². The summed E-state index contributed by atoms with van der Waals surface area (Å²) in [6.07, 6.45) is 1.60. The van der Waals surface area contributed by atoms with Gasteiger partial charge in [0.2, 0.25) is 0 Å². The number of carbonyl (C=O) groups excluding carboxylic acids is 1. The van der Waals surface area contributed by atoms with Crippen molar-refractivity contribution in [1.82, 2.24) is 0 Å². The number of phenolic OH excluding ortho intramolecular Hbond substituents is 1. The Bertz CT molecular complexity index is 681. The lowest BCUT2D eigenvalue weighted by Gasteiger charge is -2.18. The standard InChI is InChI=1S/C19H23NO3/c1-4-9-14-12-16(21)18(20-15-10-7-6-8-11-15)13(3)17(14)19(22)23-5-2/h6-8,10-12,20-21H,4-5,9H2,1-3H3. The van der Waals surface area contributed by atoms with E-state index in [1.165, 1.54) is 0 Å². The Morgan fingerprint density at radius 2 is 1.91 bits per heavy atom. The lowest BCUT2D eigenvalue weighted by atomic mass is 9.96. The first-order valence-corrected chi connectivity index (χ1v) is 7.93. The second-order valence-corrected chi connectivity index (χ2v) is 5.39. The highest BCUT2D eigenvalue weighted by Gasteiger charge is 2.21. The van der Waals surface area contributed by atoms with Crippen molar-refractivity contribution in [3.8, 4) is 5.75 Å². The van der Waals surface area contributed by atoms with Crippen LogP contribution in [0.25, 0.3) is 0 Å². The summed E-state index contributed by atoms with van der Waals surface area (Å²) in [6, 6.07) is 11.2. The average molecular weight is 313 g/mol. The molecule has 0 radical (unpaired) electrons. The van der Waals surface area contributed by atoms with Crippen LogP contribution in [0.15, 0.2) is 36.4 Å². The van der Waals surface area contributed by atoms with Gasteiger partial charge in [0.05, 0.1) is 17.9 Å². The lowest BCUT2D eigenvalue weighted by molar-refractivity contribution is 0.0524. The number of aryl methyl sites for hydroxylation is 1. The predicted molar refractivity (Wildman–Crippen MR) is 92.5 cm³/mol. The molecule has 0 heterocycles. The molecule has 4 nitrogen and oxygen atoms in total. The number of hydrogen-bond donors (Lipinski definition) is 2. The third-order valence-electron chi connectivity index (χ3n) is 3.68. The molecule has 23 heavy (non-hydrogen) atoms. The molecule has 0 unspecified atom stereocenters. The summed E-state index contributed by atoms with van der Waals surface area (Å²) >= 11 is 0. The SMILES string of the molecule is CCCc1cc(O)c(Nc2ccccc2)c(C)c1C(=O)OCC. The van der Waals surface area contributed by atoms with Gasteiger partial charge in [-0.3, -0.25) is 0 Å². The maximum absolute atomic E-state index is 12.3. The minimum absolute atomic E-state index is 0.142. The summed E-state index contributed by atoms with van der Waals surface area (Å²) < 4.78 is 5.19. The van der Waals surface area contributed by atoms with Gasteiger partial charge in [-0.15, -0.1) is 0 Å². The van der Waals surface area contributed by atoms with Gasteiger partial charge in [0.25, 0.3) is 0 Å². The van der Waals surface area contributed by atoms with Crippen molar-refractivity contribution in [3.05, 3.63) is 53.1 Å². The number of nitrogens with one attached hydrogen (secondary N) is 1. The highest BCUT2D eigenvalue weighted by molar-refractivity contribution is 5.96. The average Bonchev–Trinajstić information content (AvgIpc) is 2.53. The lowest BCUT2D eigenvalue weighted by Crippen LogP contribution is -2.12. The summed E-state index contributed by atoms with van der Waals surface area (Å²) in [4.78, 5) is 12.3. The Morgan fingerprint density at radius 1 is 1.22 bits per heavy atom. The number of aromatic hydroxyl groups is 1. The van der Waals surface area contributed by atoms with Crippen molar-refractivity contribution in [1.29, 1.82) is 0 Å². The van der Waals surface area contributed by atoms with Crippen LogP contribution in [0.5, 0.6) is 5.75 Å². The van der Waals surface area contributed by atoms with Crippen LogP contribution < -0.4 is 5.32 Å². The largest absolute Gasteiger partial charge is 0.506 e. The smallest absolute Gasteiger partial charge is 0.338 e. The van der Waals surface area contributed by atoms with Crippen LogP contribution in [0.4, 0.5) is 11.4 Å². The van der Waals surface area contributed by atoms with Crippen molar-refractivity contribution in [2.45, 2.75) is 33.6 Å². The number of esters is 1. The second kappa shape index (κ2) is 7.68. The van der Waals surface area contributed by atoms with E-state index < -0.39 is 0 Å². The molecule has 0 aromatic heterocycles. The maximum Gasteiger partial charge on any atom is 0.338 e. The maximum atomic E-state index is 12.3. The molecule has 0 bridgehead atoms. The summed E-state index contributed by atoms with van der Waals surface area (Å²) in [5.74, 6) is -0.201. The van der Waals surface area contributed by atoms with E-state index >= 15 is 0 Å². The van der Waals surface area contributed by atoms with Crippen molar-refractivity contribution >= 4 is 17.3 Å². The van der Waals surface area contributed by atoms with Crippen LogP contribution in [0.3, 0.4) is 0 Å². The molecule has 122 valence electrons. The summed E-state index contributed by atoms with van der Waals surface area (Å²) in [5, 5.41) is 13.6. The van der Waals surface area contributed by atoms with Crippen molar-refractivity contribution in [2.75, 3.05) is 11.9 Å². The van der Waals surface area contributed by atoms with Crippen LogP contribution in [0.1, 0.15) is 41.8 Å². The monoisotopic (exact) mass is 313 g/mol. The fourth-order valence-corrected chi connectivity index (χ4v) is 2.64. The number of carbonyl (C=O) groups is 1. The normalized spacial score (nSPS) is 10.4. The van der Waals surface area contributed by atoms with E-state index in [0.717, 1.165) is 17.7 Å². The van der Waals surface area contributed by atoms with Gasteiger partial charge < -0.3 is 15.2 Å². The molecule has 0 aliphatic carbocycles. The molecule has 0 fully saturated rings. The Morgan fingerprint density at radius 3 is 2.52 bits per heavy atom. The second-order valence-electron chi connectivity index (χ2n) is 5.39. The van der Waals surface area contributed by atoms with E-state index in [1.54, 1.807) is 13.0 Å². The molecule has 0 spiro atoms. The topological polar surface area (TPSA) is 58.6 Å². The molecule has 0 aliphatic heterocycles. The third-order valence-corrected chi connectivity index (χ3v) is 3.68. The number of para-hydroxylation sites is 1. The number of rotatable bonds is 6. The predicted octanol–water partition coefficient (Wildman–Crippen LogP) is 4.57. The third kappa shape index (κ3) is 3.83. The molecule has 0 amide bonds. The molecule has 2 aromatic carbocycles. The van der Waals surface area contributed by atoms with Crippen molar-refractivity contribution < 1.29 is 14.6 Å². The van der Waals surface area contributed by atoms with Crippen LogP contribution in [0, 0.1) is 6.92 Å². The minimum Gasteiger partial charge on any atom is -0.506 e. The van der Waals surface area contributed by atoms with E-state index in [-0.39, 0.29) is 11.7 Å². The summed E-state index contributed by atoms with van der Waals surface area (Å²) in [6.45, 7) is 5.98. The fraction of sp³-hybridized carbons (Fsp3) is 0.316. The molecular formula is C19H23NO3. The van der Waals surface area contributed by atoms with E-state index in [0.29, 0.717) is 29.8 Å². The molecule has 0 aliphatic rings. The number of phenols is 1. The van der Waals surface area contributed by atoms with E-state index in [4.69, 9.17) is 4.74 Å². The van der Waals surface area contributed by atoms with Gasteiger partial charge in [0, 0.05) is 5.69 Å². The molecule has 2 aromatic rings. The fourth-order valence-electron chi connectivity index (χ4n) is 2.64. The molecule has 0 saturated carbocycles. The zero-order valence-electron chi connectivity index (χ0n) is 13.8. The van der Waals surface area contributed by atoms with Gasteiger partial charge in [-0.2, -0.15) is 0 Å². The Hall–Kier alpha value is -2.49. The van der Waals surface area contributed by atoms with Gasteiger partial charge in [0.1, 0.15) is 5.75 Å². The molecule has 0 atom stereocenters. The van der Waals surface area contributed by atoms with E-state index in [9.17, 15) is 9.90 Å². The number of anilines is 2. The van der Waals surface area contributed by atoms with Gasteiger partial charge >= 0.3 is 5.97 Å². The first-order chi connectivity index (χ1) is 11.1. The van der Waals surface area contributed by atoms with Crippen molar-refractivity contribution in [3.63, 3.8) is 0 Å². The van der Waals surface area contributed by atoms with Crippen LogP contribution in [-0.4, -0.2) is 17.7 Å². The highest BCUT2D eigenvalue weighted by atomic mass is 16.5. The minimum atomic E-state index is -0.343. The molecule has 0 saturated heterocycles. The van der Waals surface area contributed by atoms with Crippen LogP contribution in [0.2, 0.25) is 0 Å². The zero-order valence-corrected chi connectivity index (χ0v) is 13.8. The number of benzene rings is 2. The first kappa shape index (κ1) is 16.9. The Balaban J connectivity index is 2.50. The molecule has 4 heteroatoms. The Kier molecular flexibility index (Phi) is 5.63. The molecule has 2 N–H and O–H groups in total. The molecular weight excluding hydrogens is 290 g/mol. The summed E-state index contributed by atoms with van der Waals surface area (Å²) in [5.41, 5.74) is 3.46. The first-order valence-electron chi connectivity index (χ1n) is 7.93. The quantitative estimate of drug-likeness (QED) is 0.605. The van der Waals surface area contributed by atoms with Gasteiger partial charge in [-0.05, 0) is 49.6 Å². The Labute approximate surface area is 137 Å². The highest BCUT2D eigenvalue weighted by Crippen LogP contribution is 2.35. The van der Waals surface area contributed by atoms with E-state index in [2.05, 4.69) is 5.32 Å². The number of ether oxygens (including phenoxy) is 1. The van der Waals surface area contributed by atoms with E-state index in [1.807, 2.05) is 44.2 Å². The van der Waals surface area contributed by atoms with Gasteiger partial charge in [-0.1, -0.05) is 31.5 Å². The van der Waals surface area contributed by atoms with Gasteiger partial charge in [0.15, 0.2) is 0 Å². The molecule has 2 rings (SSSR count). The summed E-state index contributed by atoms with van der Waals surface area (Å²) in [7, 11) is 0. The van der Waals surface area contributed by atoms with Gasteiger partial charge in [-0.25, -0.2) is 4.79 Å². The number of hydrogen-bond acceptors (Lipinski definition) is 4. The zero-order chi connectivity index (χ0) is 16.8.